The largest absolute Gasteiger partial charge is 0.467 e. The fourth-order valence-electron chi connectivity index (χ4n) is 3.27. The molecule has 1 aliphatic heterocycles. The van der Waals surface area contributed by atoms with E-state index in [1.165, 1.54) is 12.1 Å². The molecule has 6 heteroatoms. The topological polar surface area (TPSA) is 52.5 Å². The summed E-state index contributed by atoms with van der Waals surface area (Å²) in [5, 5.41) is 3.99. The molecule has 1 aliphatic rings. The van der Waals surface area contributed by atoms with Crippen molar-refractivity contribution in [3.63, 3.8) is 0 Å². The third-order valence-electron chi connectivity index (χ3n) is 4.46. The Labute approximate surface area is 150 Å². The number of ether oxygens (including phenoxy) is 2. The first kappa shape index (κ1) is 16.6. The second kappa shape index (κ2) is 7.17. The highest BCUT2D eigenvalue weighted by molar-refractivity contribution is 5.83. The van der Waals surface area contributed by atoms with Gasteiger partial charge in [0, 0.05) is 23.8 Å². The van der Waals surface area contributed by atoms with Crippen LogP contribution >= 0.6 is 0 Å². The first-order valence-electron chi connectivity index (χ1n) is 8.53. The molecule has 0 radical (unpaired) electrons. The normalized spacial score (nSPS) is 13.3. The van der Waals surface area contributed by atoms with Crippen LogP contribution in [0.25, 0.3) is 10.9 Å². The zero-order valence-electron chi connectivity index (χ0n) is 14.2. The van der Waals surface area contributed by atoms with Crippen molar-refractivity contribution in [2.24, 2.45) is 0 Å². The van der Waals surface area contributed by atoms with E-state index < -0.39 is 0 Å². The van der Waals surface area contributed by atoms with Gasteiger partial charge < -0.3 is 19.4 Å². The fraction of sp³-hybridized carbons (Fsp3) is 0.250. The van der Waals surface area contributed by atoms with E-state index in [9.17, 15) is 9.18 Å². The number of aromatic nitrogens is 1. The van der Waals surface area contributed by atoms with Gasteiger partial charge in [-0.15, -0.1) is 0 Å². The average molecular weight is 354 g/mol. The molecular formula is C20H19FN2O3. The number of amides is 1. The Bertz CT molecular complexity index is 951. The lowest BCUT2D eigenvalue weighted by molar-refractivity contribution is -0.121. The minimum absolute atomic E-state index is 0.0825. The molecule has 2 heterocycles. The van der Waals surface area contributed by atoms with Crippen LogP contribution in [0.15, 0.2) is 48.7 Å². The van der Waals surface area contributed by atoms with Gasteiger partial charge in [0.2, 0.25) is 5.91 Å². The number of rotatable bonds is 5. The Hall–Kier alpha value is -2.86. The lowest BCUT2D eigenvalue weighted by atomic mass is 10.1. The molecule has 0 aliphatic carbocycles. The van der Waals surface area contributed by atoms with Crippen molar-refractivity contribution >= 4 is 16.8 Å². The van der Waals surface area contributed by atoms with Crippen molar-refractivity contribution in [3.8, 4) is 5.75 Å². The molecule has 0 fully saturated rings. The summed E-state index contributed by atoms with van der Waals surface area (Å²) in [7, 11) is 0. The second-order valence-electron chi connectivity index (χ2n) is 6.27. The lowest BCUT2D eigenvalue weighted by Crippen LogP contribution is -2.29. The van der Waals surface area contributed by atoms with Gasteiger partial charge in [0.1, 0.15) is 18.1 Å². The lowest BCUT2D eigenvalue weighted by Gasteiger charge is -2.21. The maximum atomic E-state index is 13.7. The van der Waals surface area contributed by atoms with Crippen molar-refractivity contribution in [3.05, 3.63) is 65.6 Å². The molecule has 1 aromatic heterocycles. The highest BCUT2D eigenvalue weighted by Gasteiger charge is 2.17. The molecule has 4 rings (SSSR count). The third kappa shape index (κ3) is 3.41. The van der Waals surface area contributed by atoms with Crippen LogP contribution in [-0.4, -0.2) is 23.8 Å². The first-order valence-corrected chi connectivity index (χ1v) is 8.53. The molecule has 3 aromatic rings. The van der Waals surface area contributed by atoms with E-state index in [1.54, 1.807) is 0 Å². The van der Waals surface area contributed by atoms with Gasteiger partial charge in [-0.25, -0.2) is 4.39 Å². The number of nitrogens with zero attached hydrogens (tertiary/aromatic N) is 1. The predicted octanol–water partition coefficient (Wildman–Crippen LogP) is 3.01. The minimum atomic E-state index is -0.321. The number of halogens is 1. The van der Waals surface area contributed by atoms with Crippen LogP contribution in [0.4, 0.5) is 4.39 Å². The van der Waals surface area contributed by atoms with E-state index in [0.29, 0.717) is 30.9 Å². The van der Waals surface area contributed by atoms with Crippen LogP contribution in [0, 0.1) is 5.82 Å². The number of para-hydroxylation sites is 1. The standard InChI is InChI=1S/C20H19FN2O3/c21-17-9-15(20-16(10-17)12-25-13-26-20)5-7-22-19(24)11-23-8-6-14-3-1-2-4-18(14)23/h1-4,6,8-10H,5,7,11-13H2,(H,22,24). The van der Waals surface area contributed by atoms with Gasteiger partial charge in [-0.05, 0) is 41.6 Å². The van der Waals surface area contributed by atoms with Crippen molar-refractivity contribution in [1.29, 1.82) is 0 Å². The number of benzene rings is 2. The SMILES string of the molecule is O=C(Cn1ccc2ccccc21)NCCc1cc(F)cc2c1OCOC2. The molecule has 134 valence electrons. The van der Waals surface area contributed by atoms with Gasteiger partial charge in [0.15, 0.2) is 6.79 Å². The van der Waals surface area contributed by atoms with E-state index in [4.69, 9.17) is 9.47 Å². The van der Waals surface area contributed by atoms with Crippen LogP contribution in [0.5, 0.6) is 5.75 Å². The van der Waals surface area contributed by atoms with E-state index >= 15 is 0 Å². The third-order valence-corrected chi connectivity index (χ3v) is 4.46. The van der Waals surface area contributed by atoms with Gasteiger partial charge in [0.05, 0.1) is 6.61 Å². The zero-order chi connectivity index (χ0) is 17.9. The summed E-state index contributed by atoms with van der Waals surface area (Å²) in [5.41, 5.74) is 2.47. The molecule has 0 atom stereocenters. The maximum Gasteiger partial charge on any atom is 0.239 e. The summed E-state index contributed by atoms with van der Waals surface area (Å²) in [6.45, 7) is 1.17. The van der Waals surface area contributed by atoms with Crippen molar-refractivity contribution in [2.45, 2.75) is 19.6 Å². The average Bonchev–Trinajstić information content (AvgIpc) is 3.04. The molecule has 5 nitrogen and oxygen atoms in total. The Morgan fingerprint density at radius 3 is 3.04 bits per heavy atom. The van der Waals surface area contributed by atoms with Crippen LogP contribution in [0.1, 0.15) is 11.1 Å². The highest BCUT2D eigenvalue weighted by atomic mass is 19.1. The molecule has 1 N–H and O–H groups in total. The zero-order valence-corrected chi connectivity index (χ0v) is 14.2. The molecule has 2 aromatic carbocycles. The van der Waals surface area contributed by atoms with E-state index in [1.807, 2.05) is 41.1 Å². The second-order valence-corrected chi connectivity index (χ2v) is 6.27. The van der Waals surface area contributed by atoms with Crippen molar-refractivity contribution in [1.82, 2.24) is 9.88 Å². The fourth-order valence-corrected chi connectivity index (χ4v) is 3.27. The van der Waals surface area contributed by atoms with Crippen LogP contribution in [0.3, 0.4) is 0 Å². The van der Waals surface area contributed by atoms with Gasteiger partial charge in [-0.3, -0.25) is 4.79 Å². The van der Waals surface area contributed by atoms with Gasteiger partial charge >= 0.3 is 0 Å². The van der Waals surface area contributed by atoms with Crippen molar-refractivity contribution in [2.75, 3.05) is 13.3 Å². The molecule has 0 saturated carbocycles. The van der Waals surface area contributed by atoms with Crippen molar-refractivity contribution < 1.29 is 18.7 Å². The number of nitrogens with one attached hydrogen (secondary N) is 1. The van der Waals surface area contributed by atoms with Gasteiger partial charge in [-0.1, -0.05) is 18.2 Å². The number of carbonyl (C=O) groups excluding carboxylic acids is 1. The molecular weight excluding hydrogens is 335 g/mol. The number of fused-ring (bicyclic) bond motifs is 2. The molecule has 0 saturated heterocycles. The summed E-state index contributed by atoms with van der Waals surface area (Å²) in [6, 6.07) is 12.8. The first-order chi connectivity index (χ1) is 12.7. The quantitative estimate of drug-likeness (QED) is 0.766. The molecule has 0 unspecified atom stereocenters. The smallest absolute Gasteiger partial charge is 0.239 e. The minimum Gasteiger partial charge on any atom is -0.467 e. The molecule has 1 amide bonds. The van der Waals surface area contributed by atoms with Crippen LogP contribution in [-0.2, 0) is 29.1 Å². The monoisotopic (exact) mass is 354 g/mol. The molecule has 0 spiro atoms. The Morgan fingerprint density at radius 2 is 2.12 bits per heavy atom. The van der Waals surface area contributed by atoms with Gasteiger partial charge in [-0.2, -0.15) is 0 Å². The summed E-state index contributed by atoms with van der Waals surface area (Å²) in [4.78, 5) is 12.2. The van der Waals surface area contributed by atoms with E-state index in [2.05, 4.69) is 5.32 Å². The Kier molecular flexibility index (Phi) is 4.58. The predicted molar refractivity (Wildman–Crippen MR) is 95.3 cm³/mol. The molecule has 26 heavy (non-hydrogen) atoms. The number of hydrogen-bond donors (Lipinski definition) is 1. The van der Waals surface area contributed by atoms with Gasteiger partial charge in [0.25, 0.3) is 0 Å². The van der Waals surface area contributed by atoms with E-state index in [-0.39, 0.29) is 25.1 Å². The number of carbonyl (C=O) groups is 1. The summed E-state index contributed by atoms with van der Waals surface area (Å²) in [5.74, 6) is 0.266. The summed E-state index contributed by atoms with van der Waals surface area (Å²) < 4.78 is 26.3. The summed E-state index contributed by atoms with van der Waals surface area (Å²) >= 11 is 0. The number of hydrogen-bond acceptors (Lipinski definition) is 3. The highest BCUT2D eigenvalue weighted by Crippen LogP contribution is 2.29. The Morgan fingerprint density at radius 1 is 1.23 bits per heavy atom. The van der Waals surface area contributed by atoms with E-state index in [0.717, 1.165) is 16.5 Å². The van der Waals surface area contributed by atoms with Crippen LogP contribution < -0.4 is 10.1 Å². The maximum absolute atomic E-state index is 13.7. The van der Waals surface area contributed by atoms with Crippen LogP contribution in [0.2, 0.25) is 0 Å². The Balaban J connectivity index is 1.38. The molecule has 0 bridgehead atoms. The summed E-state index contributed by atoms with van der Waals surface area (Å²) in [6.07, 6.45) is 2.40.